The number of para-hydroxylation sites is 2. The van der Waals surface area contributed by atoms with E-state index in [1.807, 2.05) is 23.6 Å². The summed E-state index contributed by atoms with van der Waals surface area (Å²) >= 11 is 4.89. The molecule has 0 saturated heterocycles. The molecule has 20 heavy (non-hydrogen) atoms. The molecule has 0 bridgehead atoms. The van der Waals surface area contributed by atoms with Gasteiger partial charge in [-0.3, -0.25) is 4.79 Å². The highest BCUT2D eigenvalue weighted by Crippen LogP contribution is 2.21. The predicted octanol–water partition coefficient (Wildman–Crippen LogP) is 3.61. The number of thiophene rings is 1. The molecule has 0 aliphatic carbocycles. The summed E-state index contributed by atoms with van der Waals surface area (Å²) < 4.78 is 11.6. The summed E-state index contributed by atoms with van der Waals surface area (Å²) in [5, 5.41) is 1.95. The number of nitrogen functional groups attached to an aromatic ring is 1. The first-order valence-corrected chi connectivity index (χ1v) is 7.68. The molecule has 1 heterocycles. The molecule has 0 aliphatic heterocycles. The monoisotopic (exact) mass is 355 g/mol. The van der Waals surface area contributed by atoms with Crippen molar-refractivity contribution in [2.24, 2.45) is 0 Å². The molecule has 0 atom stereocenters. The van der Waals surface area contributed by atoms with Gasteiger partial charge in [0.1, 0.15) is 12.4 Å². The number of ether oxygens (including phenoxy) is 2. The summed E-state index contributed by atoms with van der Waals surface area (Å²) in [4.78, 5) is 12.6. The van der Waals surface area contributed by atoms with Gasteiger partial charge in [-0.15, -0.1) is 11.3 Å². The summed E-state index contributed by atoms with van der Waals surface area (Å²) in [5.74, 6) is 0.298. The van der Waals surface area contributed by atoms with Crippen LogP contribution in [0.5, 0.6) is 5.75 Å². The molecule has 0 fully saturated rings. The van der Waals surface area contributed by atoms with E-state index in [2.05, 4.69) is 15.9 Å². The third-order valence-corrected chi connectivity index (χ3v) is 4.15. The average molecular weight is 356 g/mol. The normalized spacial score (nSPS) is 10.2. The number of nitrogens with two attached hydrogens (primary N) is 1. The van der Waals surface area contributed by atoms with Crippen molar-refractivity contribution < 1.29 is 14.3 Å². The minimum Gasteiger partial charge on any atom is -0.491 e. The van der Waals surface area contributed by atoms with Crippen LogP contribution in [0.1, 0.15) is 11.3 Å². The van der Waals surface area contributed by atoms with Crippen molar-refractivity contribution in [3.8, 4) is 5.75 Å². The largest absolute Gasteiger partial charge is 0.491 e. The van der Waals surface area contributed by atoms with Crippen LogP contribution in [0, 0.1) is 0 Å². The van der Waals surface area contributed by atoms with E-state index in [0.29, 0.717) is 18.0 Å². The first-order valence-electron chi connectivity index (χ1n) is 6.01. The van der Waals surface area contributed by atoms with Gasteiger partial charge < -0.3 is 15.2 Å². The van der Waals surface area contributed by atoms with Gasteiger partial charge in [0.15, 0.2) is 0 Å². The van der Waals surface area contributed by atoms with Gasteiger partial charge in [0.25, 0.3) is 0 Å². The fourth-order valence-electron chi connectivity index (χ4n) is 1.51. The van der Waals surface area contributed by atoms with Gasteiger partial charge in [0.2, 0.25) is 0 Å². The minimum atomic E-state index is -0.288. The van der Waals surface area contributed by atoms with E-state index in [1.165, 1.54) is 0 Å². The Kier molecular flexibility index (Phi) is 5.43. The zero-order valence-electron chi connectivity index (χ0n) is 10.7. The molecule has 4 nitrogen and oxygen atoms in total. The molecular weight excluding hydrogens is 342 g/mol. The highest BCUT2D eigenvalue weighted by molar-refractivity contribution is 9.10. The fourth-order valence-corrected chi connectivity index (χ4v) is 2.87. The molecule has 1 aromatic carbocycles. The zero-order valence-corrected chi connectivity index (χ0v) is 13.1. The highest BCUT2D eigenvalue weighted by atomic mass is 79.9. The van der Waals surface area contributed by atoms with E-state index in [0.717, 1.165) is 9.35 Å². The molecule has 2 aromatic rings. The molecule has 106 valence electrons. The second-order valence-electron chi connectivity index (χ2n) is 4.03. The minimum absolute atomic E-state index is 0.195. The number of rotatable bonds is 6. The Morgan fingerprint density at radius 3 is 2.85 bits per heavy atom. The third-order valence-electron chi connectivity index (χ3n) is 2.48. The Hall–Kier alpha value is -1.53. The summed E-state index contributed by atoms with van der Waals surface area (Å²) in [6.45, 7) is 0.545. The number of anilines is 1. The van der Waals surface area contributed by atoms with Crippen LogP contribution in [0.15, 0.2) is 40.2 Å². The quantitative estimate of drug-likeness (QED) is 0.635. The maximum atomic E-state index is 11.6. The molecule has 1 aromatic heterocycles. The van der Waals surface area contributed by atoms with Crippen LogP contribution in [-0.4, -0.2) is 12.6 Å². The van der Waals surface area contributed by atoms with Crippen LogP contribution >= 0.6 is 27.3 Å². The predicted molar refractivity (Wildman–Crippen MR) is 82.8 cm³/mol. The van der Waals surface area contributed by atoms with E-state index in [4.69, 9.17) is 15.2 Å². The highest BCUT2D eigenvalue weighted by Gasteiger charge is 2.06. The lowest BCUT2D eigenvalue weighted by Crippen LogP contribution is -2.10. The number of esters is 1. The van der Waals surface area contributed by atoms with E-state index in [1.54, 1.807) is 23.5 Å². The smallest absolute Gasteiger partial charge is 0.309 e. The molecule has 6 heteroatoms. The lowest BCUT2D eigenvalue weighted by atomic mass is 10.3. The average Bonchev–Trinajstić information content (AvgIpc) is 2.84. The summed E-state index contributed by atoms with van der Waals surface area (Å²) in [6.07, 6.45) is 0.195. The van der Waals surface area contributed by atoms with Crippen LogP contribution < -0.4 is 10.5 Å². The van der Waals surface area contributed by atoms with Crippen LogP contribution in [-0.2, 0) is 16.1 Å². The van der Waals surface area contributed by atoms with Crippen molar-refractivity contribution in [2.75, 3.05) is 12.3 Å². The SMILES string of the molecule is Nc1ccccc1OCCC(=O)OCc1cc(Br)cs1. The van der Waals surface area contributed by atoms with E-state index < -0.39 is 0 Å². The molecule has 2 N–H and O–H groups in total. The van der Waals surface area contributed by atoms with Gasteiger partial charge in [-0.1, -0.05) is 12.1 Å². The van der Waals surface area contributed by atoms with Crippen molar-refractivity contribution >= 4 is 38.9 Å². The number of halogens is 1. The number of carbonyl (C=O) groups is 1. The topological polar surface area (TPSA) is 61.5 Å². The Bertz CT molecular complexity index is 585. The summed E-state index contributed by atoms with van der Waals surface area (Å²) in [6, 6.07) is 9.11. The number of hydrogen-bond acceptors (Lipinski definition) is 5. The maximum Gasteiger partial charge on any atom is 0.309 e. The molecule has 0 aliphatic rings. The van der Waals surface area contributed by atoms with Crippen molar-refractivity contribution in [2.45, 2.75) is 13.0 Å². The maximum absolute atomic E-state index is 11.6. The molecule has 0 radical (unpaired) electrons. The summed E-state index contributed by atoms with van der Waals surface area (Å²) in [7, 11) is 0. The van der Waals surface area contributed by atoms with Crippen LogP contribution in [0.2, 0.25) is 0 Å². The molecule has 0 saturated carbocycles. The Balaban J connectivity index is 1.69. The number of carbonyl (C=O) groups excluding carboxylic acids is 1. The van der Waals surface area contributed by atoms with Crippen LogP contribution in [0.3, 0.4) is 0 Å². The first kappa shape index (κ1) is 14.9. The standard InChI is InChI=1S/C14H14BrNO3S/c15-10-7-11(20-9-10)8-19-14(17)5-6-18-13-4-2-1-3-12(13)16/h1-4,7,9H,5-6,8,16H2. The van der Waals surface area contributed by atoms with Crippen molar-refractivity contribution in [3.63, 3.8) is 0 Å². The lowest BCUT2D eigenvalue weighted by Gasteiger charge is -2.08. The van der Waals surface area contributed by atoms with Crippen molar-refractivity contribution in [3.05, 3.63) is 45.1 Å². The van der Waals surface area contributed by atoms with Gasteiger partial charge in [-0.25, -0.2) is 0 Å². The van der Waals surface area contributed by atoms with Gasteiger partial charge >= 0.3 is 5.97 Å². The van der Waals surface area contributed by atoms with E-state index in [-0.39, 0.29) is 19.0 Å². The van der Waals surface area contributed by atoms with Crippen molar-refractivity contribution in [1.29, 1.82) is 0 Å². The first-order chi connectivity index (χ1) is 9.65. The van der Waals surface area contributed by atoms with Crippen LogP contribution in [0.4, 0.5) is 5.69 Å². The fraction of sp³-hybridized carbons (Fsp3) is 0.214. The Morgan fingerprint density at radius 2 is 2.15 bits per heavy atom. The van der Waals surface area contributed by atoms with Crippen LogP contribution in [0.25, 0.3) is 0 Å². The second-order valence-corrected chi connectivity index (χ2v) is 5.94. The number of hydrogen-bond donors (Lipinski definition) is 1. The zero-order chi connectivity index (χ0) is 14.4. The lowest BCUT2D eigenvalue weighted by molar-refractivity contribution is -0.145. The van der Waals surface area contributed by atoms with E-state index in [9.17, 15) is 4.79 Å². The van der Waals surface area contributed by atoms with E-state index >= 15 is 0 Å². The van der Waals surface area contributed by atoms with Gasteiger partial charge in [0, 0.05) is 14.7 Å². The van der Waals surface area contributed by atoms with Crippen molar-refractivity contribution in [1.82, 2.24) is 0 Å². The Labute approximate surface area is 129 Å². The number of benzene rings is 1. The third kappa shape index (κ3) is 4.54. The van der Waals surface area contributed by atoms with Gasteiger partial charge in [-0.05, 0) is 34.1 Å². The molecule has 2 rings (SSSR count). The molecule has 0 unspecified atom stereocenters. The second kappa shape index (κ2) is 7.31. The summed E-state index contributed by atoms with van der Waals surface area (Å²) in [5.41, 5.74) is 6.29. The van der Waals surface area contributed by atoms with Gasteiger partial charge in [-0.2, -0.15) is 0 Å². The van der Waals surface area contributed by atoms with Gasteiger partial charge in [0.05, 0.1) is 18.7 Å². The molecule has 0 amide bonds. The molecular formula is C14H14BrNO3S. The molecule has 0 spiro atoms. The Morgan fingerprint density at radius 1 is 1.35 bits per heavy atom.